The number of hydrogen-bond donors (Lipinski definition) is 0. The molecule has 0 aromatic heterocycles. The van der Waals surface area contributed by atoms with Crippen molar-refractivity contribution in [3.8, 4) is 0 Å². The number of carbonyl (C=O) groups excluding carboxylic acids is 1. The third-order valence-corrected chi connectivity index (χ3v) is 6.71. The Hall–Kier alpha value is -1.20. The van der Waals surface area contributed by atoms with Gasteiger partial charge in [0.15, 0.2) is 5.17 Å². The summed E-state index contributed by atoms with van der Waals surface area (Å²) in [4.78, 5) is 21.6. The highest BCUT2D eigenvalue weighted by atomic mass is 35.5. The van der Waals surface area contributed by atoms with Crippen molar-refractivity contribution in [3.63, 3.8) is 0 Å². The van der Waals surface area contributed by atoms with Crippen molar-refractivity contribution in [2.75, 3.05) is 11.9 Å². The van der Waals surface area contributed by atoms with Crippen LogP contribution in [-0.2, 0) is 4.79 Å². The molecule has 4 nitrogen and oxygen atoms in total. The molecule has 1 aromatic carbocycles. The van der Waals surface area contributed by atoms with E-state index in [4.69, 9.17) is 16.6 Å². The summed E-state index contributed by atoms with van der Waals surface area (Å²) < 4.78 is 0. The number of amidine groups is 1. The first-order chi connectivity index (χ1) is 12.5. The molecule has 142 valence electrons. The summed E-state index contributed by atoms with van der Waals surface area (Å²) in [5.41, 5.74) is 0.877. The standard InChI is InChI=1S/C20H28ClN3OS/c1-14-19(24(15(2)25)18-12-10-16(21)11-13-18)23(3)20(26-14)22-17-8-6-4-5-7-9-17/h10-14,17,19H,4-9H2,1-3H3. The van der Waals surface area contributed by atoms with Crippen LogP contribution < -0.4 is 4.90 Å². The molecule has 26 heavy (non-hydrogen) atoms. The Bertz CT molecular complexity index is 656. The predicted octanol–water partition coefficient (Wildman–Crippen LogP) is 5.16. The lowest BCUT2D eigenvalue weighted by atomic mass is 10.1. The van der Waals surface area contributed by atoms with Crippen LogP contribution in [0.15, 0.2) is 29.3 Å². The molecule has 0 N–H and O–H groups in total. The molecule has 1 saturated heterocycles. The molecule has 0 spiro atoms. The summed E-state index contributed by atoms with van der Waals surface area (Å²) in [5, 5.41) is 1.99. The molecule has 1 aliphatic carbocycles. The molecule has 1 aliphatic heterocycles. The van der Waals surface area contributed by atoms with Gasteiger partial charge in [0, 0.05) is 29.9 Å². The second-order valence-electron chi connectivity index (χ2n) is 7.27. The molecule has 0 radical (unpaired) electrons. The number of amides is 1. The number of aliphatic imine (C=N–C) groups is 1. The number of thioether (sulfide) groups is 1. The van der Waals surface area contributed by atoms with E-state index in [-0.39, 0.29) is 17.3 Å². The number of hydrogen-bond acceptors (Lipinski definition) is 3. The maximum absolute atomic E-state index is 12.5. The number of nitrogens with zero attached hydrogens (tertiary/aromatic N) is 3. The molecule has 3 rings (SSSR count). The van der Waals surface area contributed by atoms with Crippen molar-refractivity contribution in [1.29, 1.82) is 0 Å². The van der Waals surface area contributed by atoms with E-state index in [2.05, 4.69) is 18.9 Å². The van der Waals surface area contributed by atoms with Crippen molar-refractivity contribution >= 4 is 40.1 Å². The van der Waals surface area contributed by atoms with Gasteiger partial charge in [0.2, 0.25) is 5.91 Å². The van der Waals surface area contributed by atoms with E-state index in [1.165, 1.54) is 38.5 Å². The van der Waals surface area contributed by atoms with E-state index in [9.17, 15) is 4.79 Å². The van der Waals surface area contributed by atoms with Gasteiger partial charge in [0.25, 0.3) is 0 Å². The molecular weight excluding hydrogens is 366 g/mol. The first kappa shape index (κ1) is 19.6. The van der Waals surface area contributed by atoms with E-state index in [0.29, 0.717) is 11.1 Å². The maximum atomic E-state index is 12.5. The van der Waals surface area contributed by atoms with Crippen LogP contribution in [-0.4, -0.2) is 40.5 Å². The van der Waals surface area contributed by atoms with Gasteiger partial charge in [0.05, 0.1) is 6.04 Å². The summed E-state index contributed by atoms with van der Waals surface area (Å²) in [7, 11) is 2.06. The Morgan fingerprint density at radius 2 is 1.81 bits per heavy atom. The second kappa shape index (κ2) is 8.66. The van der Waals surface area contributed by atoms with Gasteiger partial charge < -0.3 is 4.90 Å². The van der Waals surface area contributed by atoms with Crippen LogP contribution in [0.1, 0.15) is 52.4 Å². The summed E-state index contributed by atoms with van der Waals surface area (Å²) >= 11 is 7.80. The van der Waals surface area contributed by atoms with Crippen LogP contribution >= 0.6 is 23.4 Å². The molecule has 2 fully saturated rings. The quantitative estimate of drug-likeness (QED) is 0.665. The van der Waals surface area contributed by atoms with Crippen molar-refractivity contribution < 1.29 is 4.79 Å². The molecule has 0 bridgehead atoms. The molecule has 2 aliphatic rings. The lowest BCUT2D eigenvalue weighted by Gasteiger charge is -2.35. The van der Waals surface area contributed by atoms with Crippen LogP contribution in [0.5, 0.6) is 0 Å². The summed E-state index contributed by atoms with van der Waals surface area (Å²) in [6, 6.07) is 7.92. The van der Waals surface area contributed by atoms with E-state index in [1.807, 2.05) is 29.2 Å². The first-order valence-corrected chi connectivity index (χ1v) is 10.8. The molecule has 1 saturated carbocycles. The zero-order valence-corrected chi connectivity index (χ0v) is 17.4. The van der Waals surface area contributed by atoms with Crippen LogP contribution in [0.2, 0.25) is 5.02 Å². The van der Waals surface area contributed by atoms with Gasteiger partial charge in [-0.05, 0) is 44.0 Å². The monoisotopic (exact) mass is 393 g/mol. The Balaban J connectivity index is 1.84. The van der Waals surface area contributed by atoms with Crippen LogP contribution in [0, 0.1) is 0 Å². The Morgan fingerprint density at radius 1 is 1.19 bits per heavy atom. The van der Waals surface area contributed by atoms with Gasteiger partial charge in [-0.1, -0.05) is 49.0 Å². The number of carbonyl (C=O) groups is 1. The lowest BCUT2D eigenvalue weighted by Crippen LogP contribution is -2.50. The van der Waals surface area contributed by atoms with Gasteiger partial charge in [-0.3, -0.25) is 14.7 Å². The van der Waals surface area contributed by atoms with Gasteiger partial charge in [-0.15, -0.1) is 0 Å². The minimum atomic E-state index is -0.0387. The third kappa shape index (κ3) is 4.37. The molecular formula is C20H28ClN3OS. The Kier molecular flexibility index (Phi) is 6.51. The highest BCUT2D eigenvalue weighted by Crippen LogP contribution is 2.36. The highest BCUT2D eigenvalue weighted by Gasteiger charge is 2.40. The molecule has 6 heteroatoms. The van der Waals surface area contributed by atoms with Crippen LogP contribution in [0.4, 0.5) is 5.69 Å². The van der Waals surface area contributed by atoms with Crippen molar-refractivity contribution in [3.05, 3.63) is 29.3 Å². The fourth-order valence-corrected chi connectivity index (χ4v) is 5.28. The first-order valence-electron chi connectivity index (χ1n) is 9.50. The number of rotatable bonds is 3. The van der Waals surface area contributed by atoms with Gasteiger partial charge in [-0.2, -0.15) is 0 Å². The minimum absolute atomic E-state index is 0.0346. The summed E-state index contributed by atoms with van der Waals surface area (Å²) in [6.45, 7) is 3.80. The van der Waals surface area contributed by atoms with E-state index in [0.717, 1.165) is 10.9 Å². The fourth-order valence-electron chi connectivity index (χ4n) is 3.91. The lowest BCUT2D eigenvalue weighted by molar-refractivity contribution is -0.117. The summed E-state index contributed by atoms with van der Waals surface area (Å²) in [6.07, 6.45) is 7.55. The van der Waals surface area contributed by atoms with Gasteiger partial charge in [-0.25, -0.2) is 0 Å². The van der Waals surface area contributed by atoms with E-state index >= 15 is 0 Å². The van der Waals surface area contributed by atoms with Gasteiger partial charge >= 0.3 is 0 Å². The van der Waals surface area contributed by atoms with Crippen molar-refractivity contribution in [2.24, 2.45) is 4.99 Å². The number of benzene rings is 1. The van der Waals surface area contributed by atoms with E-state index < -0.39 is 0 Å². The largest absolute Gasteiger partial charge is 0.333 e. The number of anilines is 1. The molecule has 1 heterocycles. The SMILES string of the molecule is CC(=O)N(c1ccc(Cl)cc1)C1C(C)SC(=NC2CCCCCC2)N1C. The van der Waals surface area contributed by atoms with Gasteiger partial charge in [0.1, 0.15) is 6.17 Å². The molecule has 1 amide bonds. The highest BCUT2D eigenvalue weighted by molar-refractivity contribution is 8.14. The summed E-state index contributed by atoms with van der Waals surface area (Å²) in [5.74, 6) is 0.0346. The topological polar surface area (TPSA) is 35.9 Å². The predicted molar refractivity (Wildman–Crippen MR) is 112 cm³/mol. The Morgan fingerprint density at radius 3 is 2.38 bits per heavy atom. The molecule has 2 unspecified atom stereocenters. The van der Waals surface area contributed by atoms with Crippen molar-refractivity contribution in [2.45, 2.75) is 69.8 Å². The zero-order valence-electron chi connectivity index (χ0n) is 15.8. The zero-order chi connectivity index (χ0) is 18.7. The second-order valence-corrected chi connectivity index (χ2v) is 9.05. The van der Waals surface area contributed by atoms with Crippen LogP contribution in [0.25, 0.3) is 0 Å². The average Bonchev–Trinajstić information content (AvgIpc) is 2.79. The third-order valence-electron chi connectivity index (χ3n) is 5.24. The minimum Gasteiger partial charge on any atom is -0.333 e. The smallest absolute Gasteiger partial charge is 0.225 e. The van der Waals surface area contributed by atoms with Crippen LogP contribution in [0.3, 0.4) is 0 Å². The normalized spacial score (nSPS) is 26.2. The van der Waals surface area contributed by atoms with E-state index in [1.54, 1.807) is 18.7 Å². The Labute approximate surface area is 166 Å². The average molecular weight is 394 g/mol. The molecule has 1 aromatic rings. The fraction of sp³-hybridized carbons (Fsp3) is 0.600. The number of halogens is 1. The maximum Gasteiger partial charge on any atom is 0.225 e. The molecule has 2 atom stereocenters. The van der Waals surface area contributed by atoms with Crippen molar-refractivity contribution in [1.82, 2.24) is 4.90 Å².